The van der Waals surface area contributed by atoms with Crippen LogP contribution < -0.4 is 15.9 Å². The molecule has 0 amide bonds. The van der Waals surface area contributed by atoms with Gasteiger partial charge in [0.15, 0.2) is 0 Å². The summed E-state index contributed by atoms with van der Waals surface area (Å²) in [5.74, 6) is 0.647. The monoisotopic (exact) mass is 450 g/mol. The fraction of sp³-hybridized carbons (Fsp3) is 0.348. The van der Waals surface area contributed by atoms with Gasteiger partial charge in [-0.3, -0.25) is 18.4 Å². The van der Waals surface area contributed by atoms with E-state index in [1.807, 2.05) is 30.3 Å². The molecule has 1 fully saturated rings. The number of hydrogen-bond acceptors (Lipinski definition) is 7. The molecule has 2 aromatic heterocycles. The molecule has 32 heavy (non-hydrogen) atoms. The lowest BCUT2D eigenvalue weighted by atomic mass is 10.1. The van der Waals surface area contributed by atoms with Crippen LogP contribution in [0.25, 0.3) is 32.4 Å². The second-order valence-electron chi connectivity index (χ2n) is 8.35. The van der Waals surface area contributed by atoms with Crippen molar-refractivity contribution in [2.75, 3.05) is 26.7 Å². The fourth-order valence-electron chi connectivity index (χ4n) is 4.67. The van der Waals surface area contributed by atoms with Gasteiger partial charge < -0.3 is 14.5 Å². The number of aromatic amines is 1. The Kier molecular flexibility index (Phi) is 4.63. The first-order valence-corrected chi connectivity index (χ1v) is 11.5. The molecule has 0 spiro atoms. The quantitative estimate of drug-likeness (QED) is 0.505. The van der Waals surface area contributed by atoms with Crippen LogP contribution >= 0.6 is 11.5 Å². The highest BCUT2D eigenvalue weighted by Crippen LogP contribution is 2.32. The Hall–Kier alpha value is -3.01. The normalized spacial score (nSPS) is 20.2. The predicted molar refractivity (Wildman–Crippen MR) is 124 cm³/mol. The number of H-pyrrole nitrogens is 1. The molecule has 4 heterocycles. The molecule has 4 aromatic rings. The van der Waals surface area contributed by atoms with Crippen molar-refractivity contribution in [2.24, 2.45) is 0 Å². The third kappa shape index (κ3) is 3.16. The van der Waals surface area contributed by atoms with Crippen LogP contribution in [-0.4, -0.2) is 51.7 Å². The fourth-order valence-corrected chi connectivity index (χ4v) is 5.76. The van der Waals surface area contributed by atoms with Crippen molar-refractivity contribution in [1.82, 2.24) is 18.8 Å². The molecule has 0 aliphatic carbocycles. The molecule has 2 aliphatic rings. The van der Waals surface area contributed by atoms with Crippen molar-refractivity contribution in [2.45, 2.75) is 25.7 Å². The lowest BCUT2D eigenvalue weighted by Crippen LogP contribution is -2.29. The van der Waals surface area contributed by atoms with Gasteiger partial charge in [-0.2, -0.15) is 0 Å². The summed E-state index contributed by atoms with van der Waals surface area (Å²) in [6.07, 6.45) is 0.922. The van der Waals surface area contributed by atoms with Crippen molar-refractivity contribution in [1.29, 1.82) is 0 Å². The summed E-state index contributed by atoms with van der Waals surface area (Å²) >= 11 is 1.40. The first-order chi connectivity index (χ1) is 15.6. The van der Waals surface area contributed by atoms with Crippen LogP contribution in [0, 0.1) is 0 Å². The average molecular weight is 451 g/mol. The second-order valence-corrected chi connectivity index (χ2v) is 9.38. The third-order valence-electron chi connectivity index (χ3n) is 6.20. The highest BCUT2D eigenvalue weighted by Gasteiger charge is 2.26. The summed E-state index contributed by atoms with van der Waals surface area (Å²) < 4.78 is 14.3. The number of rotatable bonds is 2. The van der Waals surface area contributed by atoms with Crippen molar-refractivity contribution >= 4 is 32.7 Å². The molecule has 1 N–H and O–H groups in total. The van der Waals surface area contributed by atoms with Crippen molar-refractivity contribution < 1.29 is 9.47 Å². The Morgan fingerprint density at radius 2 is 2.16 bits per heavy atom. The molecule has 2 aromatic carbocycles. The van der Waals surface area contributed by atoms with Gasteiger partial charge in [-0.1, -0.05) is 23.7 Å². The smallest absolute Gasteiger partial charge is 0.275 e. The molecule has 164 valence electrons. The SMILES string of the molecule is COCc1cc2c3nc(c(=O)[nH]c3c1)-c1cccc3c(=O)n(sc13)CCN1CC[C@@H](C1)O2. The van der Waals surface area contributed by atoms with Gasteiger partial charge in [-0.05, 0) is 30.2 Å². The van der Waals surface area contributed by atoms with Gasteiger partial charge in [-0.25, -0.2) is 4.98 Å². The number of fused-ring (bicyclic) bond motifs is 5. The maximum absolute atomic E-state index is 13.1. The highest BCUT2D eigenvalue weighted by molar-refractivity contribution is 7.14. The van der Waals surface area contributed by atoms with E-state index in [2.05, 4.69) is 9.88 Å². The van der Waals surface area contributed by atoms with Crippen LogP contribution in [0.1, 0.15) is 12.0 Å². The van der Waals surface area contributed by atoms with Gasteiger partial charge in [0, 0.05) is 38.9 Å². The predicted octanol–water partition coefficient (Wildman–Crippen LogP) is 2.58. The molecule has 0 saturated carbocycles. The molecule has 8 nitrogen and oxygen atoms in total. The largest absolute Gasteiger partial charge is 0.487 e. The number of aromatic nitrogens is 3. The van der Waals surface area contributed by atoms with Gasteiger partial charge in [0.25, 0.3) is 11.1 Å². The Morgan fingerprint density at radius 3 is 3.03 bits per heavy atom. The minimum absolute atomic E-state index is 0.0177. The first-order valence-electron chi connectivity index (χ1n) is 10.7. The zero-order valence-electron chi connectivity index (χ0n) is 17.6. The van der Waals surface area contributed by atoms with Gasteiger partial charge in [0.1, 0.15) is 23.1 Å². The molecule has 6 bridgehead atoms. The van der Waals surface area contributed by atoms with Crippen LogP contribution in [0.2, 0.25) is 0 Å². The highest BCUT2D eigenvalue weighted by atomic mass is 32.1. The van der Waals surface area contributed by atoms with E-state index < -0.39 is 0 Å². The van der Waals surface area contributed by atoms with Gasteiger partial charge in [-0.15, -0.1) is 0 Å². The molecule has 1 saturated heterocycles. The van der Waals surface area contributed by atoms with Crippen LogP contribution in [-0.2, 0) is 17.9 Å². The van der Waals surface area contributed by atoms with Gasteiger partial charge >= 0.3 is 0 Å². The molecule has 0 radical (unpaired) electrons. The van der Waals surface area contributed by atoms with E-state index in [1.165, 1.54) is 11.5 Å². The first kappa shape index (κ1) is 19.7. The van der Waals surface area contributed by atoms with E-state index in [-0.39, 0.29) is 17.2 Å². The van der Waals surface area contributed by atoms with Crippen LogP contribution in [0.15, 0.2) is 39.9 Å². The number of nitrogens with one attached hydrogen (secondary N) is 1. The molecule has 6 rings (SSSR count). The maximum atomic E-state index is 13.1. The number of ether oxygens (including phenoxy) is 2. The summed E-state index contributed by atoms with van der Waals surface area (Å²) in [5, 5.41) is 0.620. The van der Waals surface area contributed by atoms with Gasteiger partial charge in [0.05, 0.1) is 22.2 Å². The number of methoxy groups -OCH3 is 1. The van der Waals surface area contributed by atoms with Crippen molar-refractivity contribution in [3.8, 4) is 17.0 Å². The summed E-state index contributed by atoms with van der Waals surface area (Å²) in [5.41, 5.74) is 2.79. The topological polar surface area (TPSA) is 89.4 Å². The second kappa shape index (κ2) is 7.54. The van der Waals surface area contributed by atoms with Crippen molar-refractivity contribution in [3.05, 3.63) is 56.6 Å². The van der Waals surface area contributed by atoms with E-state index >= 15 is 0 Å². The lowest BCUT2D eigenvalue weighted by molar-refractivity contribution is 0.182. The average Bonchev–Trinajstić information content (AvgIpc) is 3.35. The number of hydrogen-bond donors (Lipinski definition) is 1. The van der Waals surface area contributed by atoms with Crippen LogP contribution in [0.4, 0.5) is 0 Å². The molecule has 2 atom stereocenters. The minimum atomic E-state index is -0.294. The Balaban J connectivity index is 1.65. The summed E-state index contributed by atoms with van der Waals surface area (Å²) in [7, 11) is 1.64. The molecule has 9 heteroatoms. The van der Waals surface area contributed by atoms with E-state index in [0.717, 1.165) is 36.3 Å². The zero-order valence-corrected chi connectivity index (χ0v) is 18.4. The molecular weight excluding hydrogens is 428 g/mol. The number of nitrogens with zero attached hydrogens (tertiary/aromatic N) is 3. The standard InChI is InChI=1S/C23H22N4O4S/c1-30-12-13-9-17-20-18(10-13)31-14-5-6-26(11-14)7-8-27-23(29)16-4-2-3-15(21(16)32-27)19(25-20)22(28)24-17/h2-4,9-10,14H,5-8,11-12H2,1H3,(H,24,28)/t14-/m0/s1. The Labute approximate surface area is 187 Å². The summed E-state index contributed by atoms with van der Waals surface area (Å²) in [6, 6.07) is 9.31. The Morgan fingerprint density at radius 1 is 1.25 bits per heavy atom. The van der Waals surface area contributed by atoms with Crippen molar-refractivity contribution in [3.63, 3.8) is 0 Å². The van der Waals surface area contributed by atoms with Crippen LogP contribution in [0.5, 0.6) is 5.75 Å². The van der Waals surface area contributed by atoms with E-state index in [0.29, 0.717) is 46.6 Å². The summed E-state index contributed by atoms with van der Waals surface area (Å²) in [6.45, 7) is 3.51. The zero-order chi connectivity index (χ0) is 21.8. The number of benzene rings is 2. The summed E-state index contributed by atoms with van der Waals surface area (Å²) in [4.78, 5) is 36.2. The molecule has 2 aliphatic heterocycles. The third-order valence-corrected chi connectivity index (χ3v) is 7.39. The van der Waals surface area contributed by atoms with E-state index in [4.69, 9.17) is 14.5 Å². The maximum Gasteiger partial charge on any atom is 0.275 e. The van der Waals surface area contributed by atoms with Crippen LogP contribution in [0.3, 0.4) is 0 Å². The molecule has 1 unspecified atom stereocenters. The van der Waals surface area contributed by atoms with E-state index in [1.54, 1.807) is 11.1 Å². The van der Waals surface area contributed by atoms with E-state index in [9.17, 15) is 9.59 Å². The Bertz CT molecular complexity index is 1470. The van der Waals surface area contributed by atoms with Gasteiger partial charge in [0.2, 0.25) is 0 Å². The lowest BCUT2D eigenvalue weighted by Gasteiger charge is -2.18. The minimum Gasteiger partial charge on any atom is -0.487 e. The molecular formula is C23H22N4O4S.